The van der Waals surface area contributed by atoms with Crippen LogP contribution < -0.4 is 4.74 Å². The summed E-state index contributed by atoms with van der Waals surface area (Å²) in [4.78, 5) is 11.5. The second kappa shape index (κ2) is 9.74. The number of aryl methyl sites for hydroxylation is 1. The van der Waals surface area contributed by atoms with E-state index in [0.29, 0.717) is 18.6 Å². The number of hydrogen-bond acceptors (Lipinski definition) is 3. The lowest BCUT2D eigenvalue weighted by atomic mass is 10.1. The Hall–Kier alpha value is -2.46. The van der Waals surface area contributed by atoms with Crippen molar-refractivity contribution in [3.63, 3.8) is 0 Å². The molecule has 0 saturated carbocycles. The standard InChI is InChI=1S/C21H22O3S/c1-2-6-18(15-25)17-10-12-19(13-11-17)24-20(21(22)23)14-9-16-7-4-3-5-8-16/h2-8,10-13,15,20,25H,9,14H2,1H3,(H,22,23)/b6-2-,18-15+/t20-/m0/s1. The number of hydrogen-bond donors (Lipinski definition) is 2. The molecule has 0 aromatic heterocycles. The van der Waals surface area contributed by atoms with Crippen LogP contribution in [0.2, 0.25) is 0 Å². The van der Waals surface area contributed by atoms with Crippen molar-refractivity contribution >= 4 is 24.2 Å². The fourth-order valence-electron chi connectivity index (χ4n) is 2.46. The highest BCUT2D eigenvalue weighted by Crippen LogP contribution is 2.22. The van der Waals surface area contributed by atoms with Crippen LogP contribution in [0.5, 0.6) is 5.75 Å². The zero-order chi connectivity index (χ0) is 18.1. The van der Waals surface area contributed by atoms with E-state index in [1.54, 1.807) is 17.5 Å². The van der Waals surface area contributed by atoms with Crippen LogP contribution in [0.25, 0.3) is 5.57 Å². The summed E-state index contributed by atoms with van der Waals surface area (Å²) in [6, 6.07) is 17.2. The average molecular weight is 354 g/mol. The van der Waals surface area contributed by atoms with Crippen LogP contribution in [0.3, 0.4) is 0 Å². The van der Waals surface area contributed by atoms with Gasteiger partial charge in [-0.25, -0.2) is 4.79 Å². The maximum absolute atomic E-state index is 11.5. The summed E-state index contributed by atoms with van der Waals surface area (Å²) in [5, 5.41) is 11.1. The van der Waals surface area contributed by atoms with E-state index < -0.39 is 12.1 Å². The second-order valence-electron chi connectivity index (χ2n) is 5.58. The van der Waals surface area contributed by atoms with E-state index in [2.05, 4.69) is 12.6 Å². The van der Waals surface area contributed by atoms with Crippen molar-refractivity contribution < 1.29 is 14.6 Å². The molecule has 3 nitrogen and oxygen atoms in total. The van der Waals surface area contributed by atoms with E-state index >= 15 is 0 Å². The number of rotatable bonds is 8. The highest BCUT2D eigenvalue weighted by atomic mass is 32.1. The van der Waals surface area contributed by atoms with Gasteiger partial charge in [0, 0.05) is 0 Å². The molecule has 0 aliphatic heterocycles. The Morgan fingerprint density at radius 2 is 1.84 bits per heavy atom. The van der Waals surface area contributed by atoms with E-state index in [9.17, 15) is 9.90 Å². The number of ether oxygens (including phenoxy) is 1. The second-order valence-corrected chi connectivity index (χ2v) is 5.84. The minimum Gasteiger partial charge on any atom is -0.479 e. The van der Waals surface area contributed by atoms with Crippen molar-refractivity contribution in [2.45, 2.75) is 25.9 Å². The first-order chi connectivity index (χ1) is 12.1. The molecule has 0 heterocycles. The van der Waals surface area contributed by atoms with Gasteiger partial charge < -0.3 is 9.84 Å². The van der Waals surface area contributed by atoms with E-state index in [4.69, 9.17) is 4.74 Å². The molecule has 0 bridgehead atoms. The van der Waals surface area contributed by atoms with Gasteiger partial charge in [-0.1, -0.05) is 54.6 Å². The highest BCUT2D eigenvalue weighted by Gasteiger charge is 2.19. The molecule has 2 aromatic rings. The SMILES string of the molecule is C/C=C\C(=C/S)c1ccc(O[C@@H](CCc2ccccc2)C(=O)O)cc1. The summed E-state index contributed by atoms with van der Waals surface area (Å²) >= 11 is 4.21. The lowest BCUT2D eigenvalue weighted by Gasteiger charge is -2.15. The number of benzene rings is 2. The summed E-state index contributed by atoms with van der Waals surface area (Å²) in [6.45, 7) is 1.94. The summed E-state index contributed by atoms with van der Waals surface area (Å²) in [5.74, 6) is -0.409. The molecule has 1 atom stereocenters. The summed E-state index contributed by atoms with van der Waals surface area (Å²) in [6.07, 6.45) is 4.10. The van der Waals surface area contributed by atoms with Gasteiger partial charge in [0.1, 0.15) is 5.75 Å². The minimum atomic E-state index is -0.954. The number of thiol groups is 1. The predicted octanol–water partition coefficient (Wildman–Crippen LogP) is 5.00. The monoisotopic (exact) mass is 354 g/mol. The fraction of sp³-hybridized carbons (Fsp3) is 0.190. The van der Waals surface area contributed by atoms with E-state index in [-0.39, 0.29) is 0 Å². The third kappa shape index (κ3) is 5.84. The Morgan fingerprint density at radius 1 is 1.16 bits per heavy atom. The normalized spacial score (nSPS) is 13.0. The molecule has 0 aliphatic carbocycles. The summed E-state index contributed by atoms with van der Waals surface area (Å²) < 4.78 is 5.67. The van der Waals surface area contributed by atoms with Crippen LogP contribution in [0.1, 0.15) is 24.5 Å². The maximum atomic E-state index is 11.5. The molecule has 2 aromatic carbocycles. The number of carboxylic acid groups (broad SMARTS) is 1. The summed E-state index contributed by atoms with van der Waals surface area (Å²) in [5.41, 5.74) is 3.08. The van der Waals surface area contributed by atoms with Gasteiger partial charge in [0.15, 0.2) is 6.10 Å². The number of carboxylic acids is 1. The topological polar surface area (TPSA) is 46.5 Å². The molecule has 25 heavy (non-hydrogen) atoms. The van der Waals surface area contributed by atoms with Crippen molar-refractivity contribution in [2.75, 3.05) is 0 Å². The van der Waals surface area contributed by atoms with Crippen molar-refractivity contribution in [3.05, 3.63) is 83.3 Å². The Bertz CT molecular complexity index is 733. The molecule has 2 rings (SSSR count). The van der Waals surface area contributed by atoms with Gasteiger partial charge in [-0.3, -0.25) is 0 Å². The molecule has 0 radical (unpaired) electrons. The lowest BCUT2D eigenvalue weighted by Crippen LogP contribution is -2.27. The summed E-state index contributed by atoms with van der Waals surface area (Å²) in [7, 11) is 0. The largest absolute Gasteiger partial charge is 0.479 e. The number of aliphatic carboxylic acids is 1. The molecule has 0 spiro atoms. The fourth-order valence-corrected chi connectivity index (χ4v) is 2.69. The van der Waals surface area contributed by atoms with Crippen LogP contribution in [0.15, 0.2) is 72.2 Å². The molecule has 0 fully saturated rings. The molecular formula is C21H22O3S. The number of carbonyl (C=O) groups is 1. The molecule has 4 heteroatoms. The molecule has 1 N–H and O–H groups in total. The van der Waals surface area contributed by atoms with E-state index in [0.717, 1.165) is 16.7 Å². The molecular weight excluding hydrogens is 332 g/mol. The quantitative estimate of drug-likeness (QED) is 0.518. The first kappa shape index (κ1) is 18.9. The Labute approximate surface area is 154 Å². The van der Waals surface area contributed by atoms with Gasteiger partial charge >= 0.3 is 5.97 Å². The first-order valence-electron chi connectivity index (χ1n) is 8.15. The first-order valence-corrected chi connectivity index (χ1v) is 8.66. The Balaban J connectivity index is 2.03. The van der Waals surface area contributed by atoms with Crippen molar-refractivity contribution in [1.82, 2.24) is 0 Å². The van der Waals surface area contributed by atoms with Gasteiger partial charge in [0.2, 0.25) is 0 Å². The van der Waals surface area contributed by atoms with Gasteiger partial charge in [0.05, 0.1) is 0 Å². The highest BCUT2D eigenvalue weighted by molar-refractivity contribution is 7.83. The third-order valence-corrected chi connectivity index (χ3v) is 4.04. The molecule has 130 valence electrons. The van der Waals surface area contributed by atoms with E-state index in [1.165, 1.54) is 0 Å². The number of allylic oxidation sites excluding steroid dienone is 3. The van der Waals surface area contributed by atoms with Gasteiger partial charge in [-0.2, -0.15) is 12.6 Å². The Kier molecular flexibility index (Phi) is 7.36. The van der Waals surface area contributed by atoms with Gasteiger partial charge in [-0.15, -0.1) is 0 Å². The van der Waals surface area contributed by atoms with Crippen LogP contribution in [0, 0.1) is 0 Å². The zero-order valence-electron chi connectivity index (χ0n) is 14.1. The van der Waals surface area contributed by atoms with Crippen LogP contribution >= 0.6 is 12.6 Å². The minimum absolute atomic E-state index is 0.418. The molecule has 0 aliphatic rings. The van der Waals surface area contributed by atoms with Crippen LogP contribution in [0.4, 0.5) is 0 Å². The molecule has 0 amide bonds. The lowest BCUT2D eigenvalue weighted by molar-refractivity contribution is -0.145. The van der Waals surface area contributed by atoms with Crippen molar-refractivity contribution in [1.29, 1.82) is 0 Å². The molecule has 0 saturated heterocycles. The maximum Gasteiger partial charge on any atom is 0.344 e. The van der Waals surface area contributed by atoms with Crippen LogP contribution in [-0.2, 0) is 11.2 Å². The van der Waals surface area contributed by atoms with Crippen LogP contribution in [-0.4, -0.2) is 17.2 Å². The van der Waals surface area contributed by atoms with Crippen molar-refractivity contribution in [3.8, 4) is 5.75 Å². The van der Waals surface area contributed by atoms with Crippen molar-refractivity contribution in [2.24, 2.45) is 0 Å². The van der Waals surface area contributed by atoms with Gasteiger partial charge in [-0.05, 0) is 54.0 Å². The zero-order valence-corrected chi connectivity index (χ0v) is 15.0. The van der Waals surface area contributed by atoms with E-state index in [1.807, 2.05) is 61.5 Å². The average Bonchev–Trinajstić information content (AvgIpc) is 2.64. The molecule has 0 unspecified atom stereocenters. The smallest absolute Gasteiger partial charge is 0.344 e. The third-order valence-electron chi connectivity index (χ3n) is 3.76. The van der Waals surface area contributed by atoms with Gasteiger partial charge in [0.25, 0.3) is 0 Å². The predicted molar refractivity (Wildman–Crippen MR) is 105 cm³/mol. The Morgan fingerprint density at radius 3 is 2.40 bits per heavy atom.